The van der Waals surface area contributed by atoms with Gasteiger partial charge in [-0.25, -0.2) is 13.8 Å². The highest BCUT2D eigenvalue weighted by molar-refractivity contribution is 5.92. The third-order valence-corrected chi connectivity index (χ3v) is 8.51. The van der Waals surface area contributed by atoms with Crippen LogP contribution in [0, 0.1) is 17.6 Å². The van der Waals surface area contributed by atoms with Crippen molar-refractivity contribution in [3.63, 3.8) is 0 Å². The van der Waals surface area contributed by atoms with Gasteiger partial charge in [0, 0.05) is 63.0 Å². The first kappa shape index (κ1) is 27.5. The minimum absolute atomic E-state index is 0.114. The van der Waals surface area contributed by atoms with E-state index in [1.165, 1.54) is 29.5 Å². The van der Waals surface area contributed by atoms with Crippen molar-refractivity contribution in [2.75, 3.05) is 37.6 Å². The Balaban J connectivity index is 1.21. The van der Waals surface area contributed by atoms with Crippen LogP contribution in [0.1, 0.15) is 38.4 Å². The second-order valence-corrected chi connectivity index (χ2v) is 11.3. The summed E-state index contributed by atoms with van der Waals surface area (Å²) in [5.74, 6) is -2.53. The molecule has 1 N–H and O–H groups in total. The van der Waals surface area contributed by atoms with Crippen LogP contribution >= 0.6 is 0 Å². The quantitative estimate of drug-likeness (QED) is 0.366. The summed E-state index contributed by atoms with van der Waals surface area (Å²) in [7, 11) is 0. The molecule has 4 heterocycles. The summed E-state index contributed by atoms with van der Waals surface area (Å²) in [5, 5.41) is 9.43. The molecule has 8 nitrogen and oxygen atoms in total. The lowest BCUT2D eigenvalue weighted by Gasteiger charge is -2.49. The fraction of sp³-hybridized carbons (Fsp3) is 0.552. The Morgan fingerprint density at radius 3 is 2.49 bits per heavy atom. The zero-order valence-electron chi connectivity index (χ0n) is 22.8. The molecule has 1 aromatic heterocycles. The summed E-state index contributed by atoms with van der Waals surface area (Å²) in [4.78, 5) is 38.1. The van der Waals surface area contributed by atoms with Gasteiger partial charge in [-0.3, -0.25) is 14.6 Å². The van der Waals surface area contributed by atoms with E-state index in [0.717, 1.165) is 32.2 Å². The van der Waals surface area contributed by atoms with E-state index in [4.69, 9.17) is 0 Å². The van der Waals surface area contributed by atoms with Crippen LogP contribution in [0.2, 0.25) is 0 Å². The Labute approximate surface area is 228 Å². The van der Waals surface area contributed by atoms with E-state index in [2.05, 4.69) is 28.6 Å². The van der Waals surface area contributed by atoms with Crippen molar-refractivity contribution < 1.29 is 23.5 Å². The molecule has 1 unspecified atom stereocenters. The van der Waals surface area contributed by atoms with Gasteiger partial charge in [0.05, 0.1) is 18.2 Å². The number of hydrogen-bond donors (Lipinski definition) is 1. The number of halogens is 2. The highest BCUT2D eigenvalue weighted by Gasteiger charge is 2.49. The molecule has 0 aliphatic carbocycles. The van der Waals surface area contributed by atoms with Gasteiger partial charge in [0.15, 0.2) is 11.6 Å². The smallest absolute Gasteiger partial charge is 0.233 e. The molecular weight excluding hydrogens is 504 g/mol. The lowest BCUT2D eigenvalue weighted by Crippen LogP contribution is -2.64. The molecule has 5 rings (SSSR count). The largest absolute Gasteiger partial charge is 0.508 e. The first-order valence-electron chi connectivity index (χ1n) is 13.8. The molecule has 3 aliphatic rings. The molecule has 0 spiro atoms. The minimum Gasteiger partial charge on any atom is -0.508 e. The van der Waals surface area contributed by atoms with E-state index in [0.29, 0.717) is 48.5 Å². The molecule has 10 heteroatoms. The van der Waals surface area contributed by atoms with Crippen molar-refractivity contribution in [2.45, 2.75) is 64.3 Å². The van der Waals surface area contributed by atoms with Crippen LogP contribution in [0.3, 0.4) is 0 Å². The van der Waals surface area contributed by atoms with Gasteiger partial charge < -0.3 is 19.7 Å². The maximum absolute atomic E-state index is 14.8. The van der Waals surface area contributed by atoms with Gasteiger partial charge >= 0.3 is 0 Å². The maximum atomic E-state index is 14.8. The lowest BCUT2D eigenvalue weighted by atomic mass is 9.98. The number of amides is 1. The summed E-state index contributed by atoms with van der Waals surface area (Å²) in [6.45, 7) is 10.3. The van der Waals surface area contributed by atoms with E-state index in [9.17, 15) is 23.5 Å². The minimum atomic E-state index is -1.08. The van der Waals surface area contributed by atoms with Crippen LogP contribution in [-0.4, -0.2) is 93.9 Å². The van der Waals surface area contributed by atoms with Crippen molar-refractivity contribution in [3.05, 3.63) is 53.2 Å². The molecule has 3 atom stereocenters. The van der Waals surface area contributed by atoms with Crippen LogP contribution in [0.25, 0.3) is 0 Å². The number of piperazine rings is 1. The molecule has 39 heavy (non-hydrogen) atoms. The Morgan fingerprint density at radius 1 is 1.10 bits per heavy atom. The second-order valence-electron chi connectivity index (χ2n) is 11.3. The zero-order chi connectivity index (χ0) is 27.8. The van der Waals surface area contributed by atoms with Gasteiger partial charge in [-0.2, -0.15) is 0 Å². The maximum Gasteiger partial charge on any atom is 0.233 e. The molecule has 1 aromatic carbocycles. The molecule has 0 saturated carbocycles. The highest BCUT2D eigenvalue weighted by atomic mass is 19.1. The molecule has 3 fully saturated rings. The van der Waals surface area contributed by atoms with Crippen LogP contribution in [0.4, 0.5) is 14.6 Å². The van der Waals surface area contributed by atoms with Gasteiger partial charge in [-0.15, -0.1) is 0 Å². The van der Waals surface area contributed by atoms with E-state index >= 15 is 0 Å². The number of rotatable bonds is 10. The average molecular weight is 542 g/mol. The van der Waals surface area contributed by atoms with Gasteiger partial charge in [-0.1, -0.05) is 6.07 Å². The molecular formula is C29H37F2N5O3. The molecule has 1 amide bonds. The van der Waals surface area contributed by atoms with Gasteiger partial charge in [0.1, 0.15) is 17.9 Å². The number of aldehydes is 1. The normalized spacial score (nSPS) is 22.4. The number of pyridine rings is 1. The summed E-state index contributed by atoms with van der Waals surface area (Å²) in [5.41, 5.74) is 0.699. The average Bonchev–Trinajstić information content (AvgIpc) is 3.49. The second kappa shape index (κ2) is 11.2. The number of carbonyl (C=O) groups excluding carboxylic acids is 2. The number of aromatic nitrogens is 1. The van der Waals surface area contributed by atoms with Crippen LogP contribution in [0.15, 0.2) is 30.3 Å². The SMILES string of the molecule is CCN(Cc1ccc(F)c(N2CC(N3C[C@@H]4C[C@H]3CN4C(C)C)C2)n1)C(=O)C(C=O)Cc1ccc(O)cc1F. The monoisotopic (exact) mass is 541 g/mol. The Kier molecular flexibility index (Phi) is 7.87. The lowest BCUT2D eigenvalue weighted by molar-refractivity contribution is -0.138. The number of aromatic hydroxyl groups is 1. The first-order valence-corrected chi connectivity index (χ1v) is 13.8. The number of fused-ring (bicyclic) bond motifs is 2. The van der Waals surface area contributed by atoms with Gasteiger partial charge in [-0.05, 0) is 57.4 Å². The zero-order valence-corrected chi connectivity index (χ0v) is 22.8. The number of phenolic OH excluding ortho intramolecular Hbond substituents is 1. The summed E-state index contributed by atoms with van der Waals surface area (Å²) >= 11 is 0. The van der Waals surface area contributed by atoms with Crippen molar-refractivity contribution in [2.24, 2.45) is 5.92 Å². The van der Waals surface area contributed by atoms with Gasteiger partial charge in [0.25, 0.3) is 0 Å². The van der Waals surface area contributed by atoms with E-state index in [-0.39, 0.29) is 24.3 Å². The van der Waals surface area contributed by atoms with Crippen LogP contribution < -0.4 is 4.90 Å². The Hall–Kier alpha value is -3.11. The molecule has 210 valence electrons. The van der Waals surface area contributed by atoms with E-state index in [1.54, 1.807) is 13.0 Å². The summed E-state index contributed by atoms with van der Waals surface area (Å²) in [6.07, 6.45) is 1.61. The highest BCUT2D eigenvalue weighted by Crippen LogP contribution is 2.36. The number of nitrogens with zero attached hydrogens (tertiary/aromatic N) is 5. The number of anilines is 1. The Morgan fingerprint density at radius 2 is 1.87 bits per heavy atom. The van der Waals surface area contributed by atoms with Crippen molar-refractivity contribution in [1.29, 1.82) is 0 Å². The van der Waals surface area contributed by atoms with E-state index < -0.39 is 23.5 Å². The number of phenols is 1. The third-order valence-electron chi connectivity index (χ3n) is 8.51. The molecule has 3 aliphatic heterocycles. The van der Waals surface area contributed by atoms with E-state index in [1.807, 2.05) is 4.90 Å². The van der Waals surface area contributed by atoms with Crippen molar-refractivity contribution in [1.82, 2.24) is 19.7 Å². The van der Waals surface area contributed by atoms with Crippen LogP contribution in [0.5, 0.6) is 5.75 Å². The fourth-order valence-electron chi connectivity index (χ4n) is 6.33. The first-order chi connectivity index (χ1) is 18.7. The number of carbonyl (C=O) groups is 2. The molecule has 3 saturated heterocycles. The fourth-order valence-corrected chi connectivity index (χ4v) is 6.33. The number of benzene rings is 1. The topological polar surface area (TPSA) is 80.2 Å². The van der Waals surface area contributed by atoms with Crippen LogP contribution in [-0.2, 0) is 22.6 Å². The molecule has 2 bridgehead atoms. The molecule has 2 aromatic rings. The summed E-state index contributed by atoms with van der Waals surface area (Å²) < 4.78 is 29.0. The standard InChI is InChI=1S/C29H37F2N5O3/c1-4-33(29(39)20(17-37)9-19-5-7-25(38)11-27(19)31)12-21-6-8-26(30)28(32-21)34-13-24(14-34)36-16-22-10-23(36)15-35(22)18(2)3/h5-8,11,17-18,20,22-24,38H,4,9-10,12-16H2,1-3H3/t20?,22-,23-/m0/s1. The molecule has 0 radical (unpaired) electrons. The predicted octanol–water partition coefficient (Wildman–Crippen LogP) is 2.83. The summed E-state index contributed by atoms with van der Waals surface area (Å²) in [6, 6.07) is 8.71. The van der Waals surface area contributed by atoms with Gasteiger partial charge in [0.2, 0.25) is 5.91 Å². The number of hydrogen-bond acceptors (Lipinski definition) is 7. The Bertz CT molecular complexity index is 1220. The third kappa shape index (κ3) is 5.49. The van der Waals surface area contributed by atoms with Crippen molar-refractivity contribution in [3.8, 4) is 5.75 Å². The van der Waals surface area contributed by atoms with Crippen molar-refractivity contribution >= 4 is 18.0 Å². The number of likely N-dealkylation sites (tertiary alicyclic amines) is 2. The predicted molar refractivity (Wildman–Crippen MR) is 143 cm³/mol.